The van der Waals surface area contributed by atoms with E-state index < -0.39 is 16.3 Å². The standard InChI is InChI=1S/C13H17NO4S/c1-14-12(18-19(2,16)17)9-11(13(14)15)8-10-6-4-3-5-7-10/h3-7,11-12H,8-9H2,1-2H3/t11-,12+/m1/s1. The van der Waals surface area contributed by atoms with Crippen LogP contribution in [0.3, 0.4) is 0 Å². The average Bonchev–Trinajstić information content (AvgIpc) is 2.57. The van der Waals surface area contributed by atoms with E-state index in [1.807, 2.05) is 30.3 Å². The molecular formula is C13H17NO4S. The highest BCUT2D eigenvalue weighted by molar-refractivity contribution is 7.86. The molecule has 2 rings (SSSR count). The van der Waals surface area contributed by atoms with Crippen LogP contribution in [0.5, 0.6) is 0 Å². The Balaban J connectivity index is 2.06. The SMILES string of the molecule is CN1C(=O)[C@H](Cc2ccccc2)C[C@@H]1OS(C)(=O)=O. The maximum atomic E-state index is 12.1. The summed E-state index contributed by atoms with van der Waals surface area (Å²) in [6, 6.07) is 9.67. The van der Waals surface area contributed by atoms with Crippen molar-refractivity contribution in [2.45, 2.75) is 19.1 Å². The zero-order valence-electron chi connectivity index (χ0n) is 10.9. The molecule has 0 aromatic heterocycles. The second-order valence-electron chi connectivity index (χ2n) is 4.83. The second kappa shape index (κ2) is 5.30. The normalized spacial score (nSPS) is 23.9. The summed E-state index contributed by atoms with van der Waals surface area (Å²) in [5.41, 5.74) is 1.06. The first-order valence-corrected chi connectivity index (χ1v) is 7.87. The molecule has 1 heterocycles. The quantitative estimate of drug-likeness (QED) is 0.774. The van der Waals surface area contributed by atoms with E-state index in [9.17, 15) is 13.2 Å². The summed E-state index contributed by atoms with van der Waals surface area (Å²) >= 11 is 0. The Morgan fingerprint density at radius 2 is 1.95 bits per heavy atom. The minimum atomic E-state index is -3.55. The van der Waals surface area contributed by atoms with E-state index in [-0.39, 0.29) is 11.8 Å². The number of carbonyl (C=O) groups is 1. The molecule has 1 aromatic rings. The van der Waals surface area contributed by atoms with Gasteiger partial charge in [0.25, 0.3) is 10.1 Å². The lowest BCUT2D eigenvalue weighted by Gasteiger charge is -2.18. The van der Waals surface area contributed by atoms with Gasteiger partial charge in [-0.2, -0.15) is 8.42 Å². The van der Waals surface area contributed by atoms with E-state index in [0.717, 1.165) is 11.8 Å². The van der Waals surface area contributed by atoms with Gasteiger partial charge in [0.1, 0.15) is 0 Å². The third-order valence-electron chi connectivity index (χ3n) is 3.23. The molecule has 1 aromatic carbocycles. The van der Waals surface area contributed by atoms with Gasteiger partial charge in [-0.1, -0.05) is 30.3 Å². The van der Waals surface area contributed by atoms with Crippen molar-refractivity contribution in [3.63, 3.8) is 0 Å². The summed E-state index contributed by atoms with van der Waals surface area (Å²) in [6.45, 7) is 0. The van der Waals surface area contributed by atoms with Crippen LogP contribution in [0.25, 0.3) is 0 Å². The molecule has 0 radical (unpaired) electrons. The van der Waals surface area contributed by atoms with E-state index in [4.69, 9.17) is 4.18 Å². The van der Waals surface area contributed by atoms with Crippen molar-refractivity contribution < 1.29 is 17.4 Å². The molecule has 0 unspecified atom stereocenters. The number of hydrogen-bond acceptors (Lipinski definition) is 4. The van der Waals surface area contributed by atoms with Crippen molar-refractivity contribution in [3.05, 3.63) is 35.9 Å². The topological polar surface area (TPSA) is 63.7 Å². The van der Waals surface area contributed by atoms with Gasteiger partial charge in [0.05, 0.1) is 6.26 Å². The first kappa shape index (κ1) is 14.0. The predicted octanol–water partition coefficient (Wildman–Crippen LogP) is 1.01. The summed E-state index contributed by atoms with van der Waals surface area (Å²) in [5, 5.41) is 0. The number of hydrogen-bond donors (Lipinski definition) is 0. The summed E-state index contributed by atoms with van der Waals surface area (Å²) < 4.78 is 27.2. The van der Waals surface area contributed by atoms with Crippen LogP contribution in [0.1, 0.15) is 12.0 Å². The number of carbonyl (C=O) groups excluding carboxylic acids is 1. The lowest BCUT2D eigenvalue weighted by atomic mass is 9.98. The minimum absolute atomic E-state index is 0.0718. The largest absolute Gasteiger partial charge is 0.318 e. The molecule has 0 spiro atoms. The zero-order chi connectivity index (χ0) is 14.0. The molecule has 2 atom stereocenters. The van der Waals surface area contributed by atoms with Gasteiger partial charge in [0.2, 0.25) is 5.91 Å². The first-order chi connectivity index (χ1) is 8.87. The lowest BCUT2D eigenvalue weighted by molar-refractivity contribution is -0.132. The molecule has 5 nitrogen and oxygen atoms in total. The van der Waals surface area contributed by atoms with Gasteiger partial charge >= 0.3 is 0 Å². The third-order valence-corrected chi connectivity index (χ3v) is 3.80. The van der Waals surface area contributed by atoms with Crippen LogP contribution in [0, 0.1) is 5.92 Å². The van der Waals surface area contributed by atoms with Gasteiger partial charge in [-0.25, -0.2) is 4.18 Å². The Bertz CT molecular complexity index is 555. The minimum Gasteiger partial charge on any atom is -0.318 e. The molecule has 0 N–H and O–H groups in total. The molecule has 1 fully saturated rings. The third kappa shape index (κ3) is 3.54. The first-order valence-electron chi connectivity index (χ1n) is 6.05. The number of nitrogens with zero attached hydrogens (tertiary/aromatic N) is 1. The Morgan fingerprint density at radius 3 is 2.53 bits per heavy atom. The second-order valence-corrected chi connectivity index (χ2v) is 6.43. The van der Waals surface area contributed by atoms with Crippen LogP contribution in [0.15, 0.2) is 30.3 Å². The molecule has 0 aliphatic carbocycles. The van der Waals surface area contributed by atoms with Crippen molar-refractivity contribution in [3.8, 4) is 0 Å². The summed E-state index contributed by atoms with van der Waals surface area (Å²) in [5.74, 6) is -0.295. The number of amides is 1. The van der Waals surface area contributed by atoms with Gasteiger partial charge in [-0.15, -0.1) is 0 Å². The van der Waals surface area contributed by atoms with Crippen molar-refractivity contribution in [1.29, 1.82) is 0 Å². The summed E-state index contributed by atoms with van der Waals surface area (Å²) in [6.07, 6.45) is 1.32. The number of likely N-dealkylation sites (tertiary alicyclic amines) is 1. The van der Waals surface area contributed by atoms with Crippen molar-refractivity contribution in [2.24, 2.45) is 5.92 Å². The van der Waals surface area contributed by atoms with Gasteiger partial charge in [0.15, 0.2) is 6.23 Å². The number of benzene rings is 1. The number of rotatable bonds is 4. The zero-order valence-corrected chi connectivity index (χ0v) is 11.8. The van der Waals surface area contributed by atoms with E-state index in [1.54, 1.807) is 7.05 Å². The lowest BCUT2D eigenvalue weighted by Crippen LogP contribution is -2.33. The van der Waals surface area contributed by atoms with Crippen molar-refractivity contribution in [1.82, 2.24) is 4.90 Å². The highest BCUT2D eigenvalue weighted by Gasteiger charge is 2.39. The van der Waals surface area contributed by atoms with E-state index in [0.29, 0.717) is 12.8 Å². The van der Waals surface area contributed by atoms with Gasteiger partial charge < -0.3 is 4.90 Å². The van der Waals surface area contributed by atoms with E-state index >= 15 is 0 Å². The van der Waals surface area contributed by atoms with Gasteiger partial charge in [-0.3, -0.25) is 4.79 Å². The predicted molar refractivity (Wildman–Crippen MR) is 70.7 cm³/mol. The fourth-order valence-corrected chi connectivity index (χ4v) is 2.92. The molecule has 0 bridgehead atoms. The Labute approximate surface area is 113 Å². The van der Waals surface area contributed by atoms with Crippen molar-refractivity contribution in [2.75, 3.05) is 13.3 Å². The molecule has 6 heteroatoms. The Kier molecular flexibility index (Phi) is 3.91. The molecule has 1 aliphatic heterocycles. The van der Waals surface area contributed by atoms with Crippen LogP contribution in [-0.4, -0.2) is 38.8 Å². The molecule has 104 valence electrons. The average molecular weight is 283 g/mol. The molecule has 1 amide bonds. The van der Waals surface area contributed by atoms with Crippen LogP contribution < -0.4 is 0 Å². The van der Waals surface area contributed by atoms with Crippen LogP contribution in [-0.2, 0) is 25.5 Å². The fraction of sp³-hybridized carbons (Fsp3) is 0.462. The monoisotopic (exact) mass is 283 g/mol. The molecule has 0 saturated carbocycles. The molecule has 1 aliphatic rings. The molecule has 1 saturated heterocycles. The van der Waals surface area contributed by atoms with Crippen LogP contribution in [0.2, 0.25) is 0 Å². The highest BCUT2D eigenvalue weighted by atomic mass is 32.2. The van der Waals surface area contributed by atoms with E-state index in [2.05, 4.69) is 0 Å². The van der Waals surface area contributed by atoms with E-state index in [1.165, 1.54) is 4.90 Å². The smallest absolute Gasteiger partial charge is 0.266 e. The summed E-state index contributed by atoms with van der Waals surface area (Å²) in [7, 11) is -1.98. The van der Waals surface area contributed by atoms with Crippen molar-refractivity contribution >= 4 is 16.0 Å². The van der Waals surface area contributed by atoms with Crippen LogP contribution in [0.4, 0.5) is 0 Å². The Morgan fingerprint density at radius 1 is 1.32 bits per heavy atom. The highest BCUT2D eigenvalue weighted by Crippen LogP contribution is 2.27. The van der Waals surface area contributed by atoms with Gasteiger partial charge in [-0.05, 0) is 12.0 Å². The molecule has 19 heavy (non-hydrogen) atoms. The Hall–Kier alpha value is -1.40. The van der Waals surface area contributed by atoms with Crippen LogP contribution >= 0.6 is 0 Å². The maximum absolute atomic E-state index is 12.1. The fourth-order valence-electron chi connectivity index (χ4n) is 2.31. The van der Waals surface area contributed by atoms with Gasteiger partial charge in [0, 0.05) is 19.4 Å². The maximum Gasteiger partial charge on any atom is 0.266 e. The summed E-state index contributed by atoms with van der Waals surface area (Å²) in [4.78, 5) is 13.4. The molecular weight excluding hydrogens is 266 g/mol.